The Bertz CT molecular complexity index is 910. The van der Waals surface area contributed by atoms with E-state index in [-0.39, 0.29) is 17.8 Å². The average Bonchev–Trinajstić information content (AvgIpc) is 2.67. The lowest BCUT2D eigenvalue weighted by Gasteiger charge is -2.15. The van der Waals surface area contributed by atoms with Gasteiger partial charge in [-0.05, 0) is 55.7 Å². The van der Waals surface area contributed by atoms with Crippen LogP contribution in [0.2, 0.25) is 0 Å². The van der Waals surface area contributed by atoms with Crippen LogP contribution >= 0.6 is 0 Å². The number of carbonyl (C=O) groups is 1. The molecule has 1 amide bonds. The molecule has 3 aromatic rings. The van der Waals surface area contributed by atoms with Crippen molar-refractivity contribution in [1.82, 2.24) is 10.3 Å². The highest BCUT2D eigenvalue weighted by Crippen LogP contribution is 2.21. The Balaban J connectivity index is 1.65. The van der Waals surface area contributed by atoms with Crippen LogP contribution in [-0.2, 0) is 6.42 Å². The number of fused-ring (bicyclic) bond motifs is 1. The van der Waals surface area contributed by atoms with Crippen LogP contribution in [0.4, 0.5) is 4.39 Å². The van der Waals surface area contributed by atoms with Crippen LogP contribution in [0.25, 0.3) is 10.8 Å². The van der Waals surface area contributed by atoms with E-state index in [2.05, 4.69) is 10.3 Å². The van der Waals surface area contributed by atoms with Gasteiger partial charge in [0.05, 0.1) is 7.11 Å². The third kappa shape index (κ3) is 3.99. The van der Waals surface area contributed by atoms with Gasteiger partial charge in [-0.1, -0.05) is 12.1 Å². The third-order valence-electron chi connectivity index (χ3n) is 4.41. The van der Waals surface area contributed by atoms with Crippen LogP contribution in [-0.4, -0.2) is 24.0 Å². The second-order valence-electron chi connectivity index (χ2n) is 6.28. The van der Waals surface area contributed by atoms with Gasteiger partial charge in [0.25, 0.3) is 5.91 Å². The maximum atomic E-state index is 13.9. The summed E-state index contributed by atoms with van der Waals surface area (Å²) in [6.45, 7) is 1.97. The van der Waals surface area contributed by atoms with Crippen LogP contribution in [0.5, 0.6) is 5.75 Å². The SMILES string of the molecule is COc1ccc(CCC(C)NC(=O)c2ccc(F)c3cnccc23)cc1. The zero-order valence-corrected chi connectivity index (χ0v) is 14.8. The van der Waals surface area contributed by atoms with Crippen molar-refractivity contribution in [2.24, 2.45) is 0 Å². The molecule has 1 aromatic heterocycles. The van der Waals surface area contributed by atoms with Crippen LogP contribution in [0, 0.1) is 5.82 Å². The van der Waals surface area contributed by atoms with E-state index >= 15 is 0 Å². The minimum atomic E-state index is -0.378. The van der Waals surface area contributed by atoms with Crippen LogP contribution in [0.15, 0.2) is 54.9 Å². The first-order valence-electron chi connectivity index (χ1n) is 8.54. The molecule has 0 radical (unpaired) electrons. The number of amides is 1. The number of ether oxygens (including phenoxy) is 1. The number of nitrogens with zero attached hydrogens (tertiary/aromatic N) is 1. The van der Waals surface area contributed by atoms with E-state index in [1.165, 1.54) is 23.9 Å². The number of rotatable bonds is 6. The molecule has 1 atom stereocenters. The summed E-state index contributed by atoms with van der Waals surface area (Å²) in [6, 6.07) is 12.4. The first kappa shape index (κ1) is 17.9. The van der Waals surface area contributed by atoms with Crippen molar-refractivity contribution in [3.63, 3.8) is 0 Å². The molecule has 2 aromatic carbocycles. The summed E-state index contributed by atoms with van der Waals surface area (Å²) in [5, 5.41) is 3.92. The number of carbonyl (C=O) groups excluding carboxylic acids is 1. The number of hydrogen-bond donors (Lipinski definition) is 1. The number of methoxy groups -OCH3 is 1. The summed E-state index contributed by atoms with van der Waals surface area (Å²) >= 11 is 0. The largest absolute Gasteiger partial charge is 0.497 e. The van der Waals surface area contributed by atoms with Gasteiger partial charge in [0, 0.05) is 34.8 Å². The lowest BCUT2D eigenvalue weighted by Crippen LogP contribution is -2.33. The zero-order valence-electron chi connectivity index (χ0n) is 14.8. The highest BCUT2D eigenvalue weighted by atomic mass is 19.1. The predicted molar refractivity (Wildman–Crippen MR) is 99.9 cm³/mol. The summed E-state index contributed by atoms with van der Waals surface area (Å²) < 4.78 is 19.0. The van der Waals surface area contributed by atoms with Crippen molar-refractivity contribution < 1.29 is 13.9 Å². The zero-order chi connectivity index (χ0) is 18.5. The summed E-state index contributed by atoms with van der Waals surface area (Å²) in [4.78, 5) is 16.5. The Morgan fingerprint density at radius 3 is 2.65 bits per heavy atom. The smallest absolute Gasteiger partial charge is 0.252 e. The predicted octanol–water partition coefficient (Wildman–Crippen LogP) is 4.13. The molecule has 26 heavy (non-hydrogen) atoms. The van der Waals surface area contributed by atoms with Gasteiger partial charge in [0.15, 0.2) is 0 Å². The Kier molecular flexibility index (Phi) is 5.46. The quantitative estimate of drug-likeness (QED) is 0.726. The minimum absolute atomic E-state index is 0.00783. The molecule has 1 N–H and O–H groups in total. The van der Waals surface area contributed by atoms with Crippen molar-refractivity contribution in [2.75, 3.05) is 7.11 Å². The van der Waals surface area contributed by atoms with Crippen LogP contribution < -0.4 is 10.1 Å². The van der Waals surface area contributed by atoms with E-state index in [1.54, 1.807) is 19.4 Å². The molecule has 0 saturated carbocycles. The first-order valence-corrected chi connectivity index (χ1v) is 8.54. The maximum absolute atomic E-state index is 13.9. The van der Waals surface area contributed by atoms with Crippen LogP contribution in [0.3, 0.4) is 0 Å². The fourth-order valence-corrected chi connectivity index (χ4v) is 2.90. The van der Waals surface area contributed by atoms with Gasteiger partial charge < -0.3 is 10.1 Å². The third-order valence-corrected chi connectivity index (χ3v) is 4.41. The molecule has 0 aliphatic rings. The number of nitrogens with one attached hydrogen (secondary N) is 1. The Morgan fingerprint density at radius 1 is 1.15 bits per heavy atom. The van der Waals surface area contributed by atoms with Gasteiger partial charge in [0.2, 0.25) is 0 Å². The molecule has 0 aliphatic carbocycles. The second kappa shape index (κ2) is 7.95. The van der Waals surface area contributed by atoms with Crippen molar-refractivity contribution in [3.05, 3.63) is 71.8 Å². The molecule has 0 spiro atoms. The molecule has 1 heterocycles. The van der Waals surface area contributed by atoms with E-state index < -0.39 is 0 Å². The molecule has 0 aliphatic heterocycles. The number of benzene rings is 2. The highest BCUT2D eigenvalue weighted by Gasteiger charge is 2.14. The Labute approximate surface area is 152 Å². The normalized spacial score (nSPS) is 12.0. The standard InChI is InChI=1S/C21H21FN2O2/c1-14(3-4-15-5-7-16(26-2)8-6-15)24-21(25)18-9-10-20(22)19-13-23-12-11-17(18)19/h5-14H,3-4H2,1-2H3,(H,24,25). The molecular formula is C21H21FN2O2. The molecule has 5 heteroatoms. The highest BCUT2D eigenvalue weighted by molar-refractivity contribution is 6.07. The van der Waals surface area contributed by atoms with Crippen molar-refractivity contribution in [1.29, 1.82) is 0 Å². The Morgan fingerprint density at radius 2 is 1.92 bits per heavy atom. The minimum Gasteiger partial charge on any atom is -0.497 e. The van der Waals surface area contributed by atoms with Gasteiger partial charge >= 0.3 is 0 Å². The molecule has 4 nitrogen and oxygen atoms in total. The van der Waals surface area contributed by atoms with Gasteiger partial charge in [-0.15, -0.1) is 0 Å². The lowest BCUT2D eigenvalue weighted by atomic mass is 10.0. The van der Waals surface area contributed by atoms with Gasteiger partial charge in [-0.2, -0.15) is 0 Å². The maximum Gasteiger partial charge on any atom is 0.252 e. The monoisotopic (exact) mass is 352 g/mol. The number of aryl methyl sites for hydroxylation is 1. The molecule has 0 bridgehead atoms. The average molecular weight is 352 g/mol. The van der Waals surface area contributed by atoms with Crippen molar-refractivity contribution >= 4 is 16.7 Å². The fraction of sp³-hybridized carbons (Fsp3) is 0.238. The topological polar surface area (TPSA) is 51.2 Å². The fourth-order valence-electron chi connectivity index (χ4n) is 2.90. The molecule has 0 fully saturated rings. The van der Waals surface area contributed by atoms with Crippen LogP contribution in [0.1, 0.15) is 29.3 Å². The van der Waals surface area contributed by atoms with E-state index in [0.29, 0.717) is 16.3 Å². The summed E-state index contributed by atoms with van der Waals surface area (Å²) in [5.74, 6) is 0.244. The van der Waals surface area contributed by atoms with E-state index in [9.17, 15) is 9.18 Å². The van der Waals surface area contributed by atoms with Crippen molar-refractivity contribution in [3.8, 4) is 5.75 Å². The van der Waals surface area contributed by atoms with Gasteiger partial charge in [0.1, 0.15) is 11.6 Å². The van der Waals surface area contributed by atoms with E-state index in [4.69, 9.17) is 4.74 Å². The lowest BCUT2D eigenvalue weighted by molar-refractivity contribution is 0.0940. The number of halogens is 1. The molecule has 0 saturated heterocycles. The van der Waals surface area contributed by atoms with E-state index in [1.807, 2.05) is 31.2 Å². The number of pyridine rings is 1. The molecule has 1 unspecified atom stereocenters. The number of aromatic nitrogens is 1. The summed E-state index contributed by atoms with van der Waals surface area (Å²) in [5.41, 5.74) is 1.64. The van der Waals surface area contributed by atoms with Gasteiger partial charge in [-0.25, -0.2) is 4.39 Å². The Hall–Kier alpha value is -2.95. The first-order chi connectivity index (χ1) is 12.6. The summed E-state index contributed by atoms with van der Waals surface area (Å²) in [7, 11) is 1.64. The van der Waals surface area contributed by atoms with Gasteiger partial charge in [-0.3, -0.25) is 9.78 Å². The second-order valence-corrected chi connectivity index (χ2v) is 6.28. The van der Waals surface area contributed by atoms with Crippen molar-refractivity contribution in [2.45, 2.75) is 25.8 Å². The molecule has 134 valence electrons. The van der Waals surface area contributed by atoms with E-state index in [0.717, 1.165) is 18.6 Å². The number of hydrogen-bond acceptors (Lipinski definition) is 3. The molecule has 3 rings (SSSR count). The molecular weight excluding hydrogens is 331 g/mol. The summed E-state index contributed by atoms with van der Waals surface area (Å²) in [6.07, 6.45) is 4.65.